The first kappa shape index (κ1) is 9.53. The third-order valence-corrected chi connectivity index (χ3v) is 1.26. The van der Waals surface area contributed by atoms with E-state index in [1.165, 1.54) is 12.0 Å². The van der Waals surface area contributed by atoms with Crippen LogP contribution in [0, 0.1) is 0 Å². The van der Waals surface area contributed by atoms with Crippen LogP contribution in [0.1, 0.15) is 6.92 Å². The van der Waals surface area contributed by atoms with Crippen molar-refractivity contribution in [3.05, 3.63) is 35.8 Å². The number of allylic oxidation sites excluding steroid dienone is 3. The van der Waals surface area contributed by atoms with Crippen LogP contribution in [0.5, 0.6) is 0 Å². The molecule has 0 fully saturated rings. The molecular formula is C8H12OS. The van der Waals surface area contributed by atoms with Crippen molar-refractivity contribution >= 4 is 12.0 Å². The third kappa shape index (κ3) is 5.66. The highest BCUT2D eigenvalue weighted by Gasteiger charge is 1.85. The van der Waals surface area contributed by atoms with E-state index in [0.29, 0.717) is 0 Å². The maximum absolute atomic E-state index is 4.77. The van der Waals surface area contributed by atoms with E-state index in [0.717, 1.165) is 10.5 Å². The van der Waals surface area contributed by atoms with Gasteiger partial charge in [-0.05, 0) is 13.0 Å². The van der Waals surface area contributed by atoms with E-state index in [1.54, 1.807) is 7.11 Å². The molecule has 0 saturated heterocycles. The van der Waals surface area contributed by atoms with Gasteiger partial charge in [0.2, 0.25) is 0 Å². The van der Waals surface area contributed by atoms with Gasteiger partial charge in [0, 0.05) is 16.9 Å². The average Bonchev–Trinajstić information content (AvgIpc) is 1.85. The monoisotopic (exact) mass is 156 g/mol. The molecular weight excluding hydrogens is 144 g/mol. The van der Waals surface area contributed by atoms with Crippen LogP contribution in [0.25, 0.3) is 0 Å². The normalized spacial score (nSPS) is 10.2. The van der Waals surface area contributed by atoms with Crippen molar-refractivity contribution in [3.8, 4) is 0 Å². The largest absolute Gasteiger partial charge is 0.314 e. The Labute approximate surface area is 66.7 Å². The zero-order valence-corrected chi connectivity index (χ0v) is 7.20. The minimum absolute atomic E-state index is 0.880. The summed E-state index contributed by atoms with van der Waals surface area (Å²) in [6.07, 6.45) is 3.77. The van der Waals surface area contributed by atoms with Gasteiger partial charge in [-0.3, -0.25) is 0 Å². The van der Waals surface area contributed by atoms with Crippen molar-refractivity contribution in [2.45, 2.75) is 6.92 Å². The first-order valence-corrected chi connectivity index (χ1v) is 3.64. The molecule has 1 nitrogen and oxygen atoms in total. The van der Waals surface area contributed by atoms with E-state index in [2.05, 4.69) is 13.2 Å². The quantitative estimate of drug-likeness (QED) is 0.457. The van der Waals surface area contributed by atoms with Crippen LogP contribution in [-0.2, 0) is 4.18 Å². The highest BCUT2D eigenvalue weighted by atomic mass is 32.2. The van der Waals surface area contributed by atoms with Gasteiger partial charge in [0.05, 0.1) is 7.11 Å². The molecule has 0 unspecified atom stereocenters. The van der Waals surface area contributed by atoms with Crippen molar-refractivity contribution in [1.82, 2.24) is 0 Å². The van der Waals surface area contributed by atoms with Crippen LogP contribution in [0.3, 0.4) is 0 Å². The molecule has 0 amide bonds. The van der Waals surface area contributed by atoms with Gasteiger partial charge >= 0.3 is 0 Å². The highest BCUT2D eigenvalue weighted by molar-refractivity contribution is 7.98. The summed E-state index contributed by atoms with van der Waals surface area (Å²) in [7, 11) is 1.62. The summed E-state index contributed by atoms with van der Waals surface area (Å²) in [4.78, 5) is 0.880. The molecule has 0 rings (SSSR count). The SMILES string of the molecule is C=C(C)/C=C\C(=C)SOC. The molecule has 0 aromatic heterocycles. The molecule has 0 N–H and O–H groups in total. The molecule has 0 atom stereocenters. The van der Waals surface area contributed by atoms with Gasteiger partial charge in [0.15, 0.2) is 0 Å². The zero-order chi connectivity index (χ0) is 7.98. The van der Waals surface area contributed by atoms with Crippen LogP contribution < -0.4 is 0 Å². The highest BCUT2D eigenvalue weighted by Crippen LogP contribution is 2.14. The van der Waals surface area contributed by atoms with Crippen molar-refractivity contribution in [1.29, 1.82) is 0 Å². The van der Waals surface area contributed by atoms with Gasteiger partial charge < -0.3 is 4.18 Å². The predicted octanol–water partition coefficient (Wildman–Crippen LogP) is 2.93. The molecule has 0 radical (unpaired) electrons. The van der Waals surface area contributed by atoms with Crippen LogP contribution in [-0.4, -0.2) is 7.11 Å². The van der Waals surface area contributed by atoms with Crippen LogP contribution in [0.2, 0.25) is 0 Å². The lowest BCUT2D eigenvalue weighted by atomic mass is 10.3. The molecule has 0 bridgehead atoms. The van der Waals surface area contributed by atoms with E-state index >= 15 is 0 Å². The maximum atomic E-state index is 4.77. The Kier molecular flexibility index (Phi) is 5.08. The van der Waals surface area contributed by atoms with Gasteiger partial charge in [-0.25, -0.2) is 0 Å². The smallest absolute Gasteiger partial charge is 0.0508 e. The minimum atomic E-state index is 0.880. The van der Waals surface area contributed by atoms with Gasteiger partial charge in [0.1, 0.15) is 0 Å². The summed E-state index contributed by atoms with van der Waals surface area (Å²) in [6.45, 7) is 9.37. The zero-order valence-electron chi connectivity index (χ0n) is 6.39. The van der Waals surface area contributed by atoms with E-state index in [1.807, 2.05) is 19.1 Å². The molecule has 0 aliphatic carbocycles. The van der Waals surface area contributed by atoms with Gasteiger partial charge in [0.25, 0.3) is 0 Å². The molecule has 0 aliphatic rings. The molecule has 0 aliphatic heterocycles. The predicted molar refractivity (Wildman–Crippen MR) is 47.7 cm³/mol. The van der Waals surface area contributed by atoms with E-state index in [9.17, 15) is 0 Å². The molecule has 0 aromatic rings. The molecule has 0 spiro atoms. The van der Waals surface area contributed by atoms with Crippen molar-refractivity contribution < 1.29 is 4.18 Å². The summed E-state index contributed by atoms with van der Waals surface area (Å²) >= 11 is 1.25. The second-order valence-corrected chi connectivity index (χ2v) is 2.92. The van der Waals surface area contributed by atoms with Crippen molar-refractivity contribution in [2.75, 3.05) is 7.11 Å². The Morgan fingerprint density at radius 3 is 2.40 bits per heavy atom. The third-order valence-electron chi connectivity index (χ3n) is 0.744. The lowest BCUT2D eigenvalue weighted by Gasteiger charge is -1.93. The van der Waals surface area contributed by atoms with E-state index in [-0.39, 0.29) is 0 Å². The van der Waals surface area contributed by atoms with Crippen LogP contribution in [0.15, 0.2) is 35.8 Å². The summed E-state index contributed by atoms with van der Waals surface area (Å²) in [5.74, 6) is 0. The lowest BCUT2D eigenvalue weighted by molar-refractivity contribution is 0.493. The van der Waals surface area contributed by atoms with Gasteiger partial charge in [-0.15, -0.1) is 0 Å². The summed E-state index contributed by atoms with van der Waals surface area (Å²) in [6, 6.07) is 0. The molecule has 0 saturated carbocycles. The molecule has 0 aromatic carbocycles. The summed E-state index contributed by atoms with van der Waals surface area (Å²) in [5.41, 5.74) is 1.01. The Hall–Kier alpha value is -0.470. The Morgan fingerprint density at radius 2 is 2.00 bits per heavy atom. The lowest BCUT2D eigenvalue weighted by Crippen LogP contribution is -1.69. The second-order valence-electron chi connectivity index (χ2n) is 1.90. The fourth-order valence-electron chi connectivity index (χ4n) is 0.370. The Bertz CT molecular complexity index is 159. The first-order chi connectivity index (χ1) is 4.66. The van der Waals surface area contributed by atoms with Crippen molar-refractivity contribution in [2.24, 2.45) is 0 Å². The Balaban J connectivity index is 3.67. The fourth-order valence-corrected chi connectivity index (χ4v) is 0.708. The van der Waals surface area contributed by atoms with Crippen LogP contribution in [0.4, 0.5) is 0 Å². The van der Waals surface area contributed by atoms with E-state index in [4.69, 9.17) is 4.18 Å². The molecule has 56 valence electrons. The topological polar surface area (TPSA) is 9.23 Å². The molecule has 0 heterocycles. The average molecular weight is 156 g/mol. The number of rotatable bonds is 4. The molecule has 2 heteroatoms. The van der Waals surface area contributed by atoms with Crippen molar-refractivity contribution in [3.63, 3.8) is 0 Å². The first-order valence-electron chi connectivity index (χ1n) is 2.90. The van der Waals surface area contributed by atoms with Crippen LogP contribution >= 0.6 is 12.0 Å². The molecule has 10 heavy (non-hydrogen) atoms. The number of hydrogen-bond donors (Lipinski definition) is 0. The number of hydrogen-bond acceptors (Lipinski definition) is 2. The van der Waals surface area contributed by atoms with Gasteiger partial charge in [-0.2, -0.15) is 0 Å². The summed E-state index contributed by atoms with van der Waals surface area (Å²) < 4.78 is 4.77. The van der Waals surface area contributed by atoms with E-state index < -0.39 is 0 Å². The second kappa shape index (κ2) is 5.33. The fraction of sp³-hybridized carbons (Fsp3) is 0.250. The minimum Gasteiger partial charge on any atom is -0.314 e. The van der Waals surface area contributed by atoms with Gasteiger partial charge in [-0.1, -0.05) is 24.8 Å². The standard InChI is InChI=1S/C8H12OS/c1-7(2)5-6-8(3)10-9-4/h5-6H,1,3H2,2,4H3/b6-5-. The maximum Gasteiger partial charge on any atom is 0.0508 e. The summed E-state index contributed by atoms with van der Waals surface area (Å²) in [5, 5.41) is 0. The Morgan fingerprint density at radius 1 is 1.40 bits per heavy atom.